The van der Waals surface area contributed by atoms with E-state index in [1.54, 1.807) is 0 Å². The molecule has 2 unspecified atom stereocenters. The number of halogens is 1. The van der Waals surface area contributed by atoms with Crippen LogP contribution in [0.1, 0.15) is 31.4 Å². The molecule has 0 aromatic carbocycles. The summed E-state index contributed by atoms with van der Waals surface area (Å²) in [5.41, 5.74) is 0.213. The van der Waals surface area contributed by atoms with E-state index in [2.05, 4.69) is 15.6 Å². The van der Waals surface area contributed by atoms with E-state index in [-0.39, 0.29) is 36.8 Å². The van der Waals surface area contributed by atoms with Crippen LogP contribution < -0.4 is 10.6 Å². The van der Waals surface area contributed by atoms with Gasteiger partial charge in [0.25, 0.3) is 0 Å². The maximum Gasteiger partial charge on any atom is 0.315 e. The van der Waals surface area contributed by atoms with Gasteiger partial charge in [-0.2, -0.15) is 0 Å². The molecule has 0 aliphatic heterocycles. The number of nitrogens with zero attached hydrogens (tertiary/aromatic N) is 1. The smallest absolute Gasteiger partial charge is 0.315 e. The van der Waals surface area contributed by atoms with E-state index in [4.69, 9.17) is 0 Å². The lowest BCUT2D eigenvalue weighted by atomic mass is 9.85. The number of aliphatic hydroxyl groups excluding tert-OH is 1. The summed E-state index contributed by atoms with van der Waals surface area (Å²) in [4.78, 5) is 15.7. The van der Waals surface area contributed by atoms with Crippen LogP contribution in [0.2, 0.25) is 0 Å². The molecule has 1 aromatic rings. The first-order chi connectivity index (χ1) is 9.70. The van der Waals surface area contributed by atoms with Crippen LogP contribution >= 0.6 is 0 Å². The topological polar surface area (TPSA) is 74.2 Å². The Kier molecular flexibility index (Phi) is 5.29. The van der Waals surface area contributed by atoms with Crippen LogP contribution in [0.25, 0.3) is 0 Å². The van der Waals surface area contributed by atoms with Crippen molar-refractivity contribution in [2.75, 3.05) is 6.61 Å². The number of nitrogens with one attached hydrogen (secondary N) is 2. The van der Waals surface area contributed by atoms with Crippen molar-refractivity contribution >= 4 is 6.03 Å². The Balaban J connectivity index is 1.82. The molecule has 1 heterocycles. The third kappa shape index (κ3) is 3.90. The quantitative estimate of drug-likeness (QED) is 0.784. The highest BCUT2D eigenvalue weighted by atomic mass is 19.1. The zero-order chi connectivity index (χ0) is 14.4. The van der Waals surface area contributed by atoms with E-state index in [1.165, 1.54) is 18.3 Å². The summed E-state index contributed by atoms with van der Waals surface area (Å²) in [6.07, 6.45) is 5.42. The molecule has 0 bridgehead atoms. The molecule has 20 heavy (non-hydrogen) atoms. The number of hydrogen-bond donors (Lipinski definition) is 3. The van der Waals surface area contributed by atoms with Crippen LogP contribution in [0.3, 0.4) is 0 Å². The largest absolute Gasteiger partial charge is 0.396 e. The van der Waals surface area contributed by atoms with Crippen LogP contribution in [-0.4, -0.2) is 28.8 Å². The van der Waals surface area contributed by atoms with Crippen LogP contribution in [0.5, 0.6) is 0 Å². The van der Waals surface area contributed by atoms with E-state index < -0.39 is 5.82 Å². The lowest BCUT2D eigenvalue weighted by molar-refractivity contribution is 0.153. The van der Waals surface area contributed by atoms with Crippen molar-refractivity contribution in [3.8, 4) is 0 Å². The van der Waals surface area contributed by atoms with E-state index in [0.29, 0.717) is 0 Å². The Morgan fingerprint density at radius 3 is 3.00 bits per heavy atom. The van der Waals surface area contributed by atoms with E-state index in [0.717, 1.165) is 25.7 Å². The zero-order valence-electron chi connectivity index (χ0n) is 11.3. The van der Waals surface area contributed by atoms with Crippen molar-refractivity contribution < 1.29 is 14.3 Å². The van der Waals surface area contributed by atoms with Crippen molar-refractivity contribution in [1.82, 2.24) is 15.6 Å². The summed E-state index contributed by atoms with van der Waals surface area (Å²) in [5, 5.41) is 14.7. The van der Waals surface area contributed by atoms with Crippen molar-refractivity contribution in [1.29, 1.82) is 0 Å². The zero-order valence-corrected chi connectivity index (χ0v) is 11.3. The summed E-state index contributed by atoms with van der Waals surface area (Å²) >= 11 is 0. The molecule has 2 atom stereocenters. The Labute approximate surface area is 117 Å². The number of aromatic nitrogens is 1. The van der Waals surface area contributed by atoms with Gasteiger partial charge in [-0.15, -0.1) is 0 Å². The minimum absolute atomic E-state index is 0.0117. The number of urea groups is 1. The van der Waals surface area contributed by atoms with Gasteiger partial charge in [-0.1, -0.05) is 12.8 Å². The highest BCUT2D eigenvalue weighted by Crippen LogP contribution is 2.23. The fraction of sp³-hybridized carbons (Fsp3) is 0.571. The van der Waals surface area contributed by atoms with Crippen molar-refractivity contribution in [2.24, 2.45) is 5.92 Å². The number of rotatable bonds is 4. The predicted molar refractivity (Wildman–Crippen MR) is 72.4 cm³/mol. The summed E-state index contributed by atoms with van der Waals surface area (Å²) < 4.78 is 13.3. The maximum absolute atomic E-state index is 13.3. The maximum atomic E-state index is 13.3. The van der Waals surface area contributed by atoms with Gasteiger partial charge in [0.05, 0.1) is 12.2 Å². The van der Waals surface area contributed by atoms with Crippen molar-refractivity contribution in [3.05, 3.63) is 29.8 Å². The summed E-state index contributed by atoms with van der Waals surface area (Å²) in [6, 6.07) is 2.46. The molecule has 0 radical (unpaired) electrons. The summed E-state index contributed by atoms with van der Waals surface area (Å²) in [6.45, 7) is 0.134. The van der Waals surface area contributed by atoms with Gasteiger partial charge >= 0.3 is 6.03 Å². The lowest BCUT2D eigenvalue weighted by Crippen LogP contribution is -2.47. The molecule has 3 N–H and O–H groups in total. The van der Waals surface area contributed by atoms with Gasteiger partial charge in [0.2, 0.25) is 0 Å². The summed E-state index contributed by atoms with van der Waals surface area (Å²) in [5.74, 6) is -0.320. The number of hydrogen-bond acceptors (Lipinski definition) is 3. The second kappa shape index (κ2) is 7.19. The molecule has 0 saturated heterocycles. The molecule has 2 rings (SSSR count). The fourth-order valence-corrected chi connectivity index (χ4v) is 2.55. The van der Waals surface area contributed by atoms with Gasteiger partial charge in [0.1, 0.15) is 5.82 Å². The van der Waals surface area contributed by atoms with E-state index in [1.807, 2.05) is 0 Å². The molecule has 2 amide bonds. The number of pyridine rings is 1. The molecule has 0 spiro atoms. The predicted octanol–water partition coefficient (Wildman–Crippen LogP) is 1.57. The standard InChI is InChI=1S/C14H20FN3O2/c15-11-5-3-7-16-13(11)8-17-14(20)18-12-6-2-1-4-10(12)9-19/h3,5,7,10,12,19H,1-2,4,6,8-9H2,(H2,17,18,20). The molecule has 5 nitrogen and oxygen atoms in total. The molecule has 1 saturated carbocycles. The van der Waals surface area contributed by atoms with Gasteiger partial charge in [-0.05, 0) is 25.0 Å². The molecule has 1 fully saturated rings. The number of aliphatic hydroxyl groups is 1. The first-order valence-corrected chi connectivity index (χ1v) is 6.95. The average Bonchev–Trinajstić information content (AvgIpc) is 2.47. The van der Waals surface area contributed by atoms with Crippen molar-refractivity contribution in [3.63, 3.8) is 0 Å². The molecule has 1 aromatic heterocycles. The molecule has 6 heteroatoms. The van der Waals surface area contributed by atoms with Crippen LogP contribution in [0.4, 0.5) is 9.18 Å². The molecular formula is C14H20FN3O2. The molecule has 1 aliphatic carbocycles. The third-order valence-electron chi connectivity index (χ3n) is 3.71. The Hall–Kier alpha value is -1.69. The second-order valence-electron chi connectivity index (χ2n) is 5.09. The molecular weight excluding hydrogens is 261 g/mol. The van der Waals surface area contributed by atoms with Gasteiger partial charge in [0, 0.05) is 24.8 Å². The second-order valence-corrected chi connectivity index (χ2v) is 5.09. The first kappa shape index (κ1) is 14.7. The minimum atomic E-state index is -0.432. The normalized spacial score (nSPS) is 22.3. The van der Waals surface area contributed by atoms with E-state index in [9.17, 15) is 14.3 Å². The van der Waals surface area contributed by atoms with Crippen molar-refractivity contribution in [2.45, 2.75) is 38.3 Å². The SMILES string of the molecule is O=C(NCc1ncccc1F)NC1CCCCC1CO. The first-order valence-electron chi connectivity index (χ1n) is 6.95. The van der Waals surface area contributed by atoms with Crippen LogP contribution in [0, 0.1) is 11.7 Å². The number of carbonyl (C=O) groups is 1. The molecule has 110 valence electrons. The minimum Gasteiger partial charge on any atom is -0.396 e. The third-order valence-corrected chi connectivity index (χ3v) is 3.71. The monoisotopic (exact) mass is 281 g/mol. The Morgan fingerprint density at radius 1 is 1.45 bits per heavy atom. The lowest BCUT2D eigenvalue weighted by Gasteiger charge is -2.30. The van der Waals surface area contributed by atoms with Gasteiger partial charge < -0.3 is 15.7 Å². The highest BCUT2D eigenvalue weighted by molar-refractivity contribution is 5.74. The van der Waals surface area contributed by atoms with Gasteiger partial charge in [-0.25, -0.2) is 9.18 Å². The van der Waals surface area contributed by atoms with Gasteiger partial charge in [0.15, 0.2) is 0 Å². The van der Waals surface area contributed by atoms with Crippen LogP contribution in [0.15, 0.2) is 18.3 Å². The molecule has 1 aliphatic rings. The highest BCUT2D eigenvalue weighted by Gasteiger charge is 2.25. The summed E-state index contributed by atoms with van der Waals surface area (Å²) in [7, 11) is 0. The van der Waals surface area contributed by atoms with E-state index >= 15 is 0 Å². The van der Waals surface area contributed by atoms with Crippen LogP contribution in [-0.2, 0) is 6.54 Å². The number of carbonyl (C=O) groups excluding carboxylic acids is 1. The average molecular weight is 281 g/mol. The van der Waals surface area contributed by atoms with Gasteiger partial charge in [-0.3, -0.25) is 4.98 Å². The fourth-order valence-electron chi connectivity index (χ4n) is 2.55. The Bertz CT molecular complexity index is 456. The number of amides is 2. The Morgan fingerprint density at radius 2 is 2.25 bits per heavy atom.